The minimum absolute atomic E-state index is 0.0745. The normalized spacial score (nSPS) is 10.2. The van der Waals surface area contributed by atoms with Crippen LogP contribution < -0.4 is 15.2 Å². The van der Waals surface area contributed by atoms with E-state index in [9.17, 15) is 10.1 Å². The van der Waals surface area contributed by atoms with Crippen molar-refractivity contribution in [2.24, 2.45) is 5.73 Å². The van der Waals surface area contributed by atoms with Gasteiger partial charge in [-0.25, -0.2) is 0 Å². The first-order valence-corrected chi connectivity index (χ1v) is 6.51. The first-order valence-electron chi connectivity index (χ1n) is 6.51. The molecule has 0 aliphatic heterocycles. The van der Waals surface area contributed by atoms with Gasteiger partial charge in [-0.2, -0.15) is 0 Å². The summed E-state index contributed by atoms with van der Waals surface area (Å²) in [4.78, 5) is 10.4. The Morgan fingerprint density at radius 3 is 2.33 bits per heavy atom. The van der Waals surface area contributed by atoms with E-state index in [1.807, 2.05) is 19.1 Å². The van der Waals surface area contributed by atoms with E-state index in [0.29, 0.717) is 30.4 Å². The largest absolute Gasteiger partial charge is 0.493 e. The maximum absolute atomic E-state index is 10.9. The highest BCUT2D eigenvalue weighted by molar-refractivity contribution is 5.47. The predicted octanol–water partition coefficient (Wildman–Crippen LogP) is 3.24. The van der Waals surface area contributed by atoms with E-state index in [2.05, 4.69) is 0 Å². The van der Waals surface area contributed by atoms with Crippen LogP contribution in [0.25, 0.3) is 0 Å². The number of rotatable bonds is 6. The highest BCUT2D eigenvalue weighted by Gasteiger charge is 2.12. The van der Waals surface area contributed by atoms with Gasteiger partial charge in [-0.3, -0.25) is 10.1 Å². The maximum Gasteiger partial charge on any atom is 0.276 e. The number of nitrogens with zero attached hydrogens (tertiary/aromatic N) is 1. The molecule has 110 valence electrons. The molecule has 0 aliphatic carbocycles. The quantitative estimate of drug-likeness (QED) is 0.651. The van der Waals surface area contributed by atoms with Gasteiger partial charge in [0.05, 0.1) is 23.7 Å². The van der Waals surface area contributed by atoms with Gasteiger partial charge in [0.1, 0.15) is 17.2 Å². The summed E-state index contributed by atoms with van der Waals surface area (Å²) in [6.07, 6.45) is 0. The molecule has 2 aromatic carbocycles. The smallest absolute Gasteiger partial charge is 0.276 e. The molecule has 0 atom stereocenters. The summed E-state index contributed by atoms with van der Waals surface area (Å²) in [5, 5.41) is 10.9. The number of nitrogens with two attached hydrogens (primary N) is 1. The van der Waals surface area contributed by atoms with Gasteiger partial charge in [0, 0.05) is 12.6 Å². The van der Waals surface area contributed by atoms with Gasteiger partial charge in [-0.1, -0.05) is 12.1 Å². The minimum Gasteiger partial charge on any atom is -0.493 e. The average molecular weight is 288 g/mol. The molecule has 0 fully saturated rings. The van der Waals surface area contributed by atoms with Crippen LogP contribution in [0.5, 0.6) is 17.2 Å². The lowest BCUT2D eigenvalue weighted by Crippen LogP contribution is -1.96. The number of nitro groups is 1. The van der Waals surface area contributed by atoms with Gasteiger partial charge < -0.3 is 15.2 Å². The van der Waals surface area contributed by atoms with Gasteiger partial charge in [-0.05, 0) is 24.6 Å². The molecule has 0 aliphatic rings. The fourth-order valence-electron chi connectivity index (χ4n) is 1.80. The molecule has 0 radical (unpaired) electrons. The summed E-state index contributed by atoms with van der Waals surface area (Å²) < 4.78 is 10.9. The van der Waals surface area contributed by atoms with Crippen molar-refractivity contribution in [2.75, 3.05) is 6.61 Å². The predicted molar refractivity (Wildman–Crippen MR) is 78.7 cm³/mol. The van der Waals surface area contributed by atoms with Crippen LogP contribution in [-0.2, 0) is 6.54 Å². The zero-order chi connectivity index (χ0) is 15.2. The van der Waals surface area contributed by atoms with E-state index in [1.54, 1.807) is 18.2 Å². The van der Waals surface area contributed by atoms with E-state index in [1.165, 1.54) is 12.1 Å². The minimum atomic E-state index is -0.479. The Morgan fingerprint density at radius 1 is 1.10 bits per heavy atom. The molecule has 0 saturated carbocycles. The zero-order valence-electron chi connectivity index (χ0n) is 11.6. The van der Waals surface area contributed by atoms with Crippen molar-refractivity contribution in [1.82, 2.24) is 0 Å². The van der Waals surface area contributed by atoms with E-state index < -0.39 is 4.92 Å². The van der Waals surface area contributed by atoms with Crippen LogP contribution in [0, 0.1) is 10.1 Å². The monoisotopic (exact) mass is 288 g/mol. The number of non-ortho nitro benzene ring substituents is 1. The Kier molecular flexibility index (Phi) is 4.73. The van der Waals surface area contributed by atoms with Gasteiger partial charge >= 0.3 is 0 Å². The number of benzene rings is 2. The van der Waals surface area contributed by atoms with Crippen molar-refractivity contribution in [2.45, 2.75) is 13.5 Å². The van der Waals surface area contributed by atoms with Crippen LogP contribution >= 0.6 is 0 Å². The van der Waals surface area contributed by atoms with Crippen LogP contribution in [0.2, 0.25) is 0 Å². The summed E-state index contributed by atoms with van der Waals surface area (Å²) >= 11 is 0. The molecule has 0 saturated heterocycles. The highest BCUT2D eigenvalue weighted by Crippen LogP contribution is 2.31. The molecule has 0 spiro atoms. The van der Waals surface area contributed by atoms with E-state index in [-0.39, 0.29) is 5.69 Å². The lowest BCUT2D eigenvalue weighted by Gasteiger charge is -2.09. The topological polar surface area (TPSA) is 87.6 Å². The Morgan fingerprint density at radius 2 is 1.76 bits per heavy atom. The van der Waals surface area contributed by atoms with Crippen molar-refractivity contribution in [3.05, 3.63) is 58.1 Å². The summed E-state index contributed by atoms with van der Waals surface area (Å²) in [6, 6.07) is 11.6. The van der Waals surface area contributed by atoms with Crippen molar-refractivity contribution in [3.8, 4) is 17.2 Å². The van der Waals surface area contributed by atoms with Gasteiger partial charge in [0.15, 0.2) is 0 Å². The summed E-state index contributed by atoms with van der Waals surface area (Å²) in [6.45, 7) is 2.68. The SMILES string of the molecule is CCOc1cc(Oc2ccc(CN)cc2)cc([N+](=O)[O-])c1. The van der Waals surface area contributed by atoms with Crippen molar-refractivity contribution < 1.29 is 14.4 Å². The Balaban J connectivity index is 2.26. The molecule has 2 N–H and O–H groups in total. The third-order valence-electron chi connectivity index (χ3n) is 2.78. The second kappa shape index (κ2) is 6.71. The molecule has 2 rings (SSSR count). The van der Waals surface area contributed by atoms with E-state index in [4.69, 9.17) is 15.2 Å². The van der Waals surface area contributed by atoms with Crippen molar-refractivity contribution in [1.29, 1.82) is 0 Å². The fraction of sp³-hybridized carbons (Fsp3) is 0.200. The highest BCUT2D eigenvalue weighted by atomic mass is 16.6. The molecule has 0 heterocycles. The first kappa shape index (κ1) is 14.8. The zero-order valence-corrected chi connectivity index (χ0v) is 11.6. The van der Waals surface area contributed by atoms with Gasteiger partial charge in [0.2, 0.25) is 0 Å². The molecular formula is C15H16N2O4. The molecule has 6 nitrogen and oxygen atoms in total. The molecule has 0 bridgehead atoms. The number of ether oxygens (including phenoxy) is 2. The number of nitro benzene ring substituents is 1. The van der Waals surface area contributed by atoms with E-state index >= 15 is 0 Å². The average Bonchev–Trinajstić information content (AvgIpc) is 2.48. The Hall–Kier alpha value is -2.60. The summed E-state index contributed by atoms with van der Waals surface area (Å²) in [5.74, 6) is 1.34. The van der Waals surface area contributed by atoms with Gasteiger partial charge in [-0.15, -0.1) is 0 Å². The van der Waals surface area contributed by atoms with Crippen LogP contribution in [-0.4, -0.2) is 11.5 Å². The van der Waals surface area contributed by atoms with Crippen LogP contribution in [0.1, 0.15) is 12.5 Å². The third kappa shape index (κ3) is 3.93. The molecular weight excluding hydrogens is 272 g/mol. The lowest BCUT2D eigenvalue weighted by molar-refractivity contribution is -0.385. The number of hydrogen-bond acceptors (Lipinski definition) is 5. The number of hydrogen-bond donors (Lipinski definition) is 1. The molecule has 0 amide bonds. The summed E-state index contributed by atoms with van der Waals surface area (Å²) in [7, 11) is 0. The fourth-order valence-corrected chi connectivity index (χ4v) is 1.80. The van der Waals surface area contributed by atoms with E-state index in [0.717, 1.165) is 5.56 Å². The second-order valence-corrected chi connectivity index (χ2v) is 4.30. The summed E-state index contributed by atoms with van der Waals surface area (Å²) in [5.41, 5.74) is 6.43. The maximum atomic E-state index is 10.9. The third-order valence-corrected chi connectivity index (χ3v) is 2.78. The van der Waals surface area contributed by atoms with Crippen LogP contribution in [0.3, 0.4) is 0 Å². The molecule has 0 aromatic heterocycles. The van der Waals surface area contributed by atoms with Crippen molar-refractivity contribution >= 4 is 5.69 Å². The van der Waals surface area contributed by atoms with Crippen molar-refractivity contribution in [3.63, 3.8) is 0 Å². The molecule has 2 aromatic rings. The molecule has 6 heteroatoms. The first-order chi connectivity index (χ1) is 10.1. The second-order valence-electron chi connectivity index (χ2n) is 4.30. The standard InChI is InChI=1S/C15H16N2O4/c1-2-20-14-7-12(17(18)19)8-15(9-14)21-13-5-3-11(10-16)4-6-13/h3-9H,2,10,16H2,1H3. The van der Waals surface area contributed by atoms with Gasteiger partial charge in [0.25, 0.3) is 5.69 Å². The van der Waals surface area contributed by atoms with Crippen LogP contribution in [0.4, 0.5) is 5.69 Å². The Labute approximate surface area is 122 Å². The Bertz CT molecular complexity index is 626. The molecule has 0 unspecified atom stereocenters. The molecule has 21 heavy (non-hydrogen) atoms. The lowest BCUT2D eigenvalue weighted by atomic mass is 10.2. The van der Waals surface area contributed by atoms with Crippen LogP contribution in [0.15, 0.2) is 42.5 Å².